The van der Waals surface area contributed by atoms with Gasteiger partial charge in [-0.2, -0.15) is 0 Å². The Balaban J connectivity index is 2.19. The molecule has 0 spiro atoms. The highest BCUT2D eigenvalue weighted by Crippen LogP contribution is 2.12. The second kappa shape index (κ2) is 5.64. The van der Waals surface area contributed by atoms with Gasteiger partial charge in [0.1, 0.15) is 17.6 Å². The van der Waals surface area contributed by atoms with E-state index in [9.17, 15) is 9.59 Å². The Morgan fingerprint density at radius 3 is 2.89 bits per heavy atom. The molecule has 2 heterocycles. The molecule has 1 atom stereocenters. The first-order valence-electron chi connectivity index (χ1n) is 6.25. The average Bonchev–Trinajstić information content (AvgIpc) is 2.46. The van der Waals surface area contributed by atoms with Crippen LogP contribution in [-0.4, -0.2) is 52.9 Å². The van der Waals surface area contributed by atoms with Crippen molar-refractivity contribution >= 4 is 17.6 Å². The van der Waals surface area contributed by atoms with Crippen LogP contribution in [0.3, 0.4) is 0 Å². The van der Waals surface area contributed by atoms with E-state index < -0.39 is 6.04 Å². The van der Waals surface area contributed by atoms with Crippen molar-refractivity contribution in [2.75, 3.05) is 25.5 Å². The van der Waals surface area contributed by atoms with Crippen molar-refractivity contribution in [1.82, 2.24) is 20.2 Å². The van der Waals surface area contributed by atoms with Gasteiger partial charge in [-0.15, -0.1) is 0 Å². The Morgan fingerprint density at radius 1 is 1.53 bits per heavy atom. The smallest absolute Gasteiger partial charge is 0.274 e. The molecule has 0 saturated carbocycles. The van der Waals surface area contributed by atoms with Gasteiger partial charge in [-0.25, -0.2) is 9.97 Å². The van der Waals surface area contributed by atoms with Crippen LogP contribution < -0.4 is 10.6 Å². The third-order valence-electron chi connectivity index (χ3n) is 3.11. The van der Waals surface area contributed by atoms with Crippen LogP contribution in [0.4, 0.5) is 5.82 Å². The van der Waals surface area contributed by atoms with Crippen molar-refractivity contribution in [3.05, 3.63) is 18.1 Å². The third kappa shape index (κ3) is 2.64. The molecule has 2 amide bonds. The zero-order valence-corrected chi connectivity index (χ0v) is 11.0. The summed E-state index contributed by atoms with van der Waals surface area (Å²) in [5.41, 5.74) is 0.257. The van der Waals surface area contributed by atoms with Crippen molar-refractivity contribution < 1.29 is 9.59 Å². The average molecular weight is 263 g/mol. The summed E-state index contributed by atoms with van der Waals surface area (Å²) in [6.07, 6.45) is 3.51. The van der Waals surface area contributed by atoms with E-state index in [-0.39, 0.29) is 17.5 Å². The fourth-order valence-corrected chi connectivity index (χ4v) is 2.08. The number of rotatable bonds is 3. The van der Waals surface area contributed by atoms with Gasteiger partial charge in [0.2, 0.25) is 5.91 Å². The summed E-state index contributed by atoms with van der Waals surface area (Å²) >= 11 is 0. The van der Waals surface area contributed by atoms with Crippen LogP contribution in [0.5, 0.6) is 0 Å². The van der Waals surface area contributed by atoms with Gasteiger partial charge in [0, 0.05) is 20.1 Å². The van der Waals surface area contributed by atoms with Crippen LogP contribution in [0.2, 0.25) is 0 Å². The maximum absolute atomic E-state index is 12.3. The van der Waals surface area contributed by atoms with Gasteiger partial charge in [0.25, 0.3) is 5.91 Å². The summed E-state index contributed by atoms with van der Waals surface area (Å²) in [6.45, 7) is 2.85. The molecule has 0 bridgehead atoms. The lowest BCUT2D eigenvalue weighted by atomic mass is 10.1. The molecule has 19 heavy (non-hydrogen) atoms. The van der Waals surface area contributed by atoms with Crippen LogP contribution in [-0.2, 0) is 4.79 Å². The predicted octanol–water partition coefficient (Wildman–Crippen LogP) is -0.131. The van der Waals surface area contributed by atoms with Crippen molar-refractivity contribution in [1.29, 1.82) is 0 Å². The van der Waals surface area contributed by atoms with Crippen LogP contribution >= 0.6 is 0 Å². The van der Waals surface area contributed by atoms with Crippen LogP contribution in [0.25, 0.3) is 0 Å². The number of hydrogen-bond acceptors (Lipinski definition) is 5. The fourth-order valence-electron chi connectivity index (χ4n) is 2.08. The standard InChI is InChI=1S/C12H17N5O2/c1-3-9-11(18)14-4-5-17(9)12(19)8-6-16-10(13-2)7-15-8/h6-7,9H,3-5H2,1-2H3,(H,13,16)(H,14,18). The van der Waals surface area contributed by atoms with E-state index in [2.05, 4.69) is 20.6 Å². The van der Waals surface area contributed by atoms with Crippen LogP contribution in [0, 0.1) is 0 Å². The fraction of sp³-hybridized carbons (Fsp3) is 0.500. The molecule has 102 valence electrons. The molecule has 1 aromatic rings. The second-order valence-electron chi connectivity index (χ2n) is 4.25. The Kier molecular flexibility index (Phi) is 3.94. The first kappa shape index (κ1) is 13.3. The molecule has 7 heteroatoms. The molecular formula is C12H17N5O2. The number of piperazine rings is 1. The zero-order valence-electron chi connectivity index (χ0n) is 11.0. The molecule has 0 aromatic carbocycles. The minimum atomic E-state index is -0.424. The summed E-state index contributed by atoms with van der Waals surface area (Å²) in [4.78, 5) is 33.7. The predicted molar refractivity (Wildman–Crippen MR) is 69.7 cm³/mol. The highest BCUT2D eigenvalue weighted by molar-refractivity contribution is 5.96. The maximum Gasteiger partial charge on any atom is 0.274 e. The summed E-state index contributed by atoms with van der Waals surface area (Å²) in [5, 5.41) is 5.60. The van der Waals surface area contributed by atoms with Crippen LogP contribution in [0.15, 0.2) is 12.4 Å². The molecule has 1 fully saturated rings. The zero-order chi connectivity index (χ0) is 13.8. The van der Waals surface area contributed by atoms with Gasteiger partial charge in [0.15, 0.2) is 0 Å². The normalized spacial score (nSPS) is 18.9. The van der Waals surface area contributed by atoms with Crippen molar-refractivity contribution in [3.63, 3.8) is 0 Å². The molecule has 1 unspecified atom stereocenters. The van der Waals surface area contributed by atoms with Crippen LogP contribution in [0.1, 0.15) is 23.8 Å². The molecule has 1 aromatic heterocycles. The first-order chi connectivity index (χ1) is 9.17. The monoisotopic (exact) mass is 263 g/mol. The second-order valence-corrected chi connectivity index (χ2v) is 4.25. The Labute approximate surface area is 111 Å². The minimum absolute atomic E-state index is 0.109. The Hall–Kier alpha value is -2.18. The third-order valence-corrected chi connectivity index (χ3v) is 3.11. The highest BCUT2D eigenvalue weighted by atomic mass is 16.2. The van der Waals surface area contributed by atoms with E-state index >= 15 is 0 Å². The lowest BCUT2D eigenvalue weighted by Gasteiger charge is -2.34. The SMILES string of the molecule is CCC1C(=O)NCCN1C(=O)c1cnc(NC)cn1. The molecule has 1 saturated heterocycles. The minimum Gasteiger partial charge on any atom is -0.372 e. The van der Waals surface area contributed by atoms with Gasteiger partial charge in [-0.1, -0.05) is 6.92 Å². The molecule has 1 aliphatic heterocycles. The van der Waals surface area contributed by atoms with Gasteiger partial charge in [0.05, 0.1) is 12.4 Å². The molecule has 0 radical (unpaired) electrons. The molecular weight excluding hydrogens is 246 g/mol. The van der Waals surface area contributed by atoms with E-state index in [0.717, 1.165) is 0 Å². The number of carbonyl (C=O) groups is 2. The number of aromatic nitrogens is 2. The number of anilines is 1. The Morgan fingerprint density at radius 2 is 2.32 bits per heavy atom. The van der Waals surface area contributed by atoms with Crippen molar-refractivity contribution in [2.45, 2.75) is 19.4 Å². The maximum atomic E-state index is 12.3. The highest BCUT2D eigenvalue weighted by Gasteiger charge is 2.32. The number of nitrogens with one attached hydrogen (secondary N) is 2. The van der Waals surface area contributed by atoms with E-state index in [1.807, 2.05) is 6.92 Å². The summed E-state index contributed by atoms with van der Waals surface area (Å²) in [7, 11) is 1.73. The molecule has 7 nitrogen and oxygen atoms in total. The van der Waals surface area contributed by atoms with Gasteiger partial charge in [-0.3, -0.25) is 9.59 Å². The quantitative estimate of drug-likeness (QED) is 0.793. The van der Waals surface area contributed by atoms with Crippen molar-refractivity contribution in [3.8, 4) is 0 Å². The molecule has 2 N–H and O–H groups in total. The lowest BCUT2D eigenvalue weighted by molar-refractivity contribution is -0.127. The lowest BCUT2D eigenvalue weighted by Crippen LogP contribution is -2.57. The van der Waals surface area contributed by atoms with Gasteiger partial charge < -0.3 is 15.5 Å². The van der Waals surface area contributed by atoms with Gasteiger partial charge >= 0.3 is 0 Å². The largest absolute Gasteiger partial charge is 0.372 e. The topological polar surface area (TPSA) is 87.2 Å². The molecule has 1 aliphatic rings. The van der Waals surface area contributed by atoms with Gasteiger partial charge in [-0.05, 0) is 6.42 Å². The number of amides is 2. The number of nitrogens with zero attached hydrogens (tertiary/aromatic N) is 3. The summed E-state index contributed by atoms with van der Waals surface area (Å²) in [6, 6.07) is -0.424. The van der Waals surface area contributed by atoms with E-state index in [1.54, 1.807) is 11.9 Å². The summed E-state index contributed by atoms with van der Waals surface area (Å²) < 4.78 is 0. The first-order valence-corrected chi connectivity index (χ1v) is 6.25. The number of hydrogen-bond donors (Lipinski definition) is 2. The number of carbonyl (C=O) groups excluding carboxylic acids is 2. The molecule has 2 rings (SSSR count). The molecule has 0 aliphatic carbocycles. The van der Waals surface area contributed by atoms with E-state index in [4.69, 9.17) is 0 Å². The van der Waals surface area contributed by atoms with E-state index in [1.165, 1.54) is 12.4 Å². The summed E-state index contributed by atoms with van der Waals surface area (Å²) in [5.74, 6) is 0.235. The Bertz CT molecular complexity index is 474. The van der Waals surface area contributed by atoms with E-state index in [0.29, 0.717) is 25.3 Å². The van der Waals surface area contributed by atoms with Crippen molar-refractivity contribution in [2.24, 2.45) is 0 Å².